The van der Waals surface area contributed by atoms with E-state index in [1.807, 2.05) is 0 Å². The summed E-state index contributed by atoms with van der Waals surface area (Å²) in [6.45, 7) is 1.65. The second-order valence-corrected chi connectivity index (χ2v) is 3.03. The lowest BCUT2D eigenvalue weighted by Gasteiger charge is -2.24. The highest BCUT2D eigenvalue weighted by Crippen LogP contribution is 2.13. The molecule has 0 aliphatic carbocycles. The summed E-state index contributed by atoms with van der Waals surface area (Å²) in [4.78, 5) is 8.90. The van der Waals surface area contributed by atoms with Gasteiger partial charge < -0.3 is 21.3 Å². The predicted octanol–water partition coefficient (Wildman–Crippen LogP) is -0.699. The first-order chi connectivity index (χ1) is 6.75. The highest BCUT2D eigenvalue weighted by atomic mass is 19.4. The molecule has 0 aromatic rings. The average Bonchev–Trinajstić information content (AvgIpc) is 2.09. The Morgan fingerprint density at radius 3 is 2.13 bits per heavy atom. The maximum absolute atomic E-state index is 10.6. The molecule has 1 rings (SSSR count). The van der Waals surface area contributed by atoms with Crippen LogP contribution < -0.4 is 11.1 Å². The van der Waals surface area contributed by atoms with Gasteiger partial charge in [0.25, 0.3) is 0 Å². The number of alkyl halides is 3. The molecule has 1 aliphatic rings. The Balaban J connectivity index is 0.000000265. The maximum Gasteiger partial charge on any atom is 0.490 e. The number of carboxylic acids is 1. The zero-order valence-corrected chi connectivity index (χ0v) is 7.79. The number of nitrogens with one attached hydrogen (secondary N) is 1. The first-order valence-electron chi connectivity index (χ1n) is 4.19. The first kappa shape index (κ1) is 14.1. The van der Waals surface area contributed by atoms with Crippen LogP contribution in [0.15, 0.2) is 0 Å². The quantitative estimate of drug-likeness (QED) is 0.441. The molecule has 0 radical (unpaired) electrons. The van der Waals surface area contributed by atoms with E-state index >= 15 is 0 Å². The average molecular weight is 230 g/mol. The van der Waals surface area contributed by atoms with Gasteiger partial charge in [-0.25, -0.2) is 4.79 Å². The minimum atomic E-state index is -5.08. The van der Waals surface area contributed by atoms with Crippen molar-refractivity contribution in [3.05, 3.63) is 0 Å². The molecule has 1 saturated heterocycles. The van der Waals surface area contributed by atoms with Crippen LogP contribution in [0.3, 0.4) is 0 Å². The standard InChI is InChI=1S/C5H12N2O.C2HF3O2/c6-4-3-7-2-1-5(4)8;3-2(4,5)1(6)7/h4-5,7-8H,1-3,6H2;(H,6,7). The van der Waals surface area contributed by atoms with Crippen molar-refractivity contribution in [1.29, 1.82) is 0 Å². The lowest BCUT2D eigenvalue weighted by atomic mass is 10.1. The Hall–Kier alpha value is -0.860. The van der Waals surface area contributed by atoms with E-state index < -0.39 is 12.1 Å². The van der Waals surface area contributed by atoms with Crippen LogP contribution in [0, 0.1) is 0 Å². The summed E-state index contributed by atoms with van der Waals surface area (Å²) in [6.07, 6.45) is -4.57. The lowest BCUT2D eigenvalue weighted by molar-refractivity contribution is -0.192. The van der Waals surface area contributed by atoms with Crippen LogP contribution in [0.4, 0.5) is 13.2 Å². The third-order valence-electron chi connectivity index (χ3n) is 1.73. The van der Waals surface area contributed by atoms with E-state index in [0.717, 1.165) is 19.5 Å². The SMILES string of the molecule is NC1CNCCC1O.O=C(O)C(F)(F)F. The number of piperidine rings is 1. The third kappa shape index (κ3) is 6.26. The van der Waals surface area contributed by atoms with Crippen LogP contribution in [0.1, 0.15) is 6.42 Å². The van der Waals surface area contributed by atoms with Gasteiger partial charge in [-0.05, 0) is 13.0 Å². The van der Waals surface area contributed by atoms with Crippen molar-refractivity contribution < 1.29 is 28.2 Å². The highest BCUT2D eigenvalue weighted by molar-refractivity contribution is 5.73. The monoisotopic (exact) mass is 230 g/mol. The summed E-state index contributed by atoms with van der Waals surface area (Å²) in [5, 5.41) is 19.2. The van der Waals surface area contributed by atoms with Gasteiger partial charge in [-0.15, -0.1) is 0 Å². The second kappa shape index (κ2) is 5.89. The summed E-state index contributed by atoms with van der Waals surface area (Å²) < 4.78 is 31.7. The van der Waals surface area contributed by atoms with Gasteiger partial charge in [-0.2, -0.15) is 13.2 Å². The van der Waals surface area contributed by atoms with Gasteiger partial charge in [0, 0.05) is 12.6 Å². The Morgan fingerprint density at radius 1 is 1.47 bits per heavy atom. The molecule has 8 heteroatoms. The molecule has 0 saturated carbocycles. The Labute approximate surface area is 84.1 Å². The summed E-state index contributed by atoms with van der Waals surface area (Å²) in [5.74, 6) is -2.76. The molecular formula is C7H13F3N2O3. The maximum atomic E-state index is 10.6. The van der Waals surface area contributed by atoms with Crippen LogP contribution in [-0.4, -0.2) is 47.6 Å². The van der Waals surface area contributed by atoms with E-state index in [1.165, 1.54) is 0 Å². The summed E-state index contributed by atoms with van der Waals surface area (Å²) >= 11 is 0. The topological polar surface area (TPSA) is 95.6 Å². The van der Waals surface area contributed by atoms with Crippen LogP contribution in [0.25, 0.3) is 0 Å². The Morgan fingerprint density at radius 2 is 1.93 bits per heavy atom. The molecule has 0 spiro atoms. The van der Waals surface area contributed by atoms with E-state index in [2.05, 4.69) is 5.32 Å². The summed E-state index contributed by atoms with van der Waals surface area (Å²) in [7, 11) is 0. The van der Waals surface area contributed by atoms with Crippen LogP contribution >= 0.6 is 0 Å². The molecule has 1 aliphatic heterocycles. The minimum absolute atomic E-state index is 0.0521. The van der Waals surface area contributed by atoms with Crippen LogP contribution in [0.2, 0.25) is 0 Å². The van der Waals surface area contributed by atoms with Crippen molar-refractivity contribution in [2.45, 2.75) is 24.7 Å². The molecule has 0 amide bonds. The number of carbonyl (C=O) groups is 1. The summed E-state index contributed by atoms with van der Waals surface area (Å²) in [6, 6.07) is -0.0521. The van der Waals surface area contributed by atoms with Crippen LogP contribution in [-0.2, 0) is 4.79 Å². The van der Waals surface area contributed by atoms with Crippen molar-refractivity contribution in [2.75, 3.05) is 13.1 Å². The zero-order chi connectivity index (χ0) is 12.1. The summed E-state index contributed by atoms with van der Waals surface area (Å²) in [5.41, 5.74) is 5.47. The van der Waals surface area contributed by atoms with Crippen molar-refractivity contribution in [1.82, 2.24) is 5.32 Å². The van der Waals surface area contributed by atoms with Crippen molar-refractivity contribution >= 4 is 5.97 Å². The normalized spacial score (nSPS) is 26.5. The Kier molecular flexibility index (Phi) is 5.55. The van der Waals surface area contributed by atoms with Gasteiger partial charge in [0.2, 0.25) is 0 Å². The zero-order valence-electron chi connectivity index (χ0n) is 7.79. The molecule has 2 unspecified atom stereocenters. The second-order valence-electron chi connectivity index (χ2n) is 3.03. The molecule has 0 aromatic heterocycles. The molecule has 2 atom stereocenters. The Bertz CT molecular complexity index is 200. The van der Waals surface area contributed by atoms with Gasteiger partial charge in [0.05, 0.1) is 6.10 Å². The van der Waals surface area contributed by atoms with Gasteiger partial charge in [-0.1, -0.05) is 0 Å². The molecule has 5 nitrogen and oxygen atoms in total. The van der Waals surface area contributed by atoms with Crippen molar-refractivity contribution in [3.8, 4) is 0 Å². The van der Waals surface area contributed by atoms with Gasteiger partial charge in [0.15, 0.2) is 0 Å². The fourth-order valence-corrected chi connectivity index (χ4v) is 0.869. The smallest absolute Gasteiger partial charge is 0.475 e. The molecule has 0 aromatic carbocycles. The van der Waals surface area contributed by atoms with E-state index in [4.69, 9.17) is 20.7 Å². The van der Waals surface area contributed by atoms with E-state index in [0.29, 0.717) is 0 Å². The number of hydrogen-bond donors (Lipinski definition) is 4. The third-order valence-corrected chi connectivity index (χ3v) is 1.73. The fourth-order valence-electron chi connectivity index (χ4n) is 0.869. The molecular weight excluding hydrogens is 217 g/mol. The van der Waals surface area contributed by atoms with E-state index in [-0.39, 0.29) is 12.1 Å². The largest absolute Gasteiger partial charge is 0.490 e. The van der Waals surface area contributed by atoms with Gasteiger partial charge in [-0.3, -0.25) is 0 Å². The number of hydrogen-bond acceptors (Lipinski definition) is 4. The number of rotatable bonds is 0. The number of carboxylic acid groups (broad SMARTS) is 1. The molecule has 0 bridgehead atoms. The van der Waals surface area contributed by atoms with Crippen LogP contribution in [0.5, 0.6) is 0 Å². The van der Waals surface area contributed by atoms with Gasteiger partial charge >= 0.3 is 12.1 Å². The number of nitrogens with two attached hydrogens (primary N) is 1. The molecule has 5 N–H and O–H groups in total. The lowest BCUT2D eigenvalue weighted by Crippen LogP contribution is -2.49. The van der Waals surface area contributed by atoms with E-state index in [9.17, 15) is 13.2 Å². The molecule has 1 heterocycles. The number of halogens is 3. The van der Waals surface area contributed by atoms with E-state index in [1.54, 1.807) is 0 Å². The highest BCUT2D eigenvalue weighted by Gasteiger charge is 2.38. The fraction of sp³-hybridized carbons (Fsp3) is 0.857. The minimum Gasteiger partial charge on any atom is -0.475 e. The number of aliphatic carboxylic acids is 1. The number of aliphatic hydroxyl groups is 1. The number of aliphatic hydroxyl groups excluding tert-OH is 1. The van der Waals surface area contributed by atoms with Crippen molar-refractivity contribution in [2.24, 2.45) is 5.73 Å². The molecule has 15 heavy (non-hydrogen) atoms. The van der Waals surface area contributed by atoms with Gasteiger partial charge in [0.1, 0.15) is 0 Å². The molecule has 90 valence electrons. The first-order valence-corrected chi connectivity index (χ1v) is 4.19. The molecule has 1 fully saturated rings. The predicted molar refractivity (Wildman–Crippen MR) is 45.2 cm³/mol. The van der Waals surface area contributed by atoms with Crippen molar-refractivity contribution in [3.63, 3.8) is 0 Å².